The van der Waals surface area contributed by atoms with Crippen molar-refractivity contribution in [2.75, 3.05) is 0 Å². The summed E-state index contributed by atoms with van der Waals surface area (Å²) in [5.41, 5.74) is -8.48. The molecule has 3 aliphatic rings. The molecule has 1 aliphatic heterocycles. The molecule has 7 heteroatoms. The molecule has 0 aromatic carbocycles. The largest absolute Gasteiger partial charge is 0.392 e. The molecule has 0 aromatic rings. The molecule has 7 nitrogen and oxygen atoms in total. The first-order valence-corrected chi connectivity index (χ1v) is 9.34. The minimum Gasteiger partial charge on any atom is -0.392 e. The second-order valence-electron chi connectivity index (χ2n) is 9.63. The monoisotopic (exact) mass is 382 g/mol. The highest BCUT2D eigenvalue weighted by atomic mass is 16.6. The number of carbonyl (C=O) groups is 2. The number of ether oxygens (including phenoxy) is 1. The third-order valence-electron chi connectivity index (χ3n) is 7.77. The highest BCUT2D eigenvalue weighted by molar-refractivity contribution is 6.44. The standard InChI is InChI=1S/C20H30O7/c1-7-17(4)14(24)15(25)20(26)18(5)10(21)8-9-16(2,3)12(18)11(22)13(23)19(20,6)27-17/h7,10-13,21-23,26H,1,8-9H2,2-6H3/t10-,11-,12-,13-,17-,18-,19+,20-/m0/s1. The van der Waals surface area contributed by atoms with E-state index >= 15 is 0 Å². The zero-order chi connectivity index (χ0) is 20.8. The molecule has 1 heterocycles. The van der Waals surface area contributed by atoms with E-state index in [-0.39, 0.29) is 6.42 Å². The van der Waals surface area contributed by atoms with Gasteiger partial charge in [0.15, 0.2) is 11.2 Å². The van der Waals surface area contributed by atoms with E-state index in [4.69, 9.17) is 4.74 Å². The van der Waals surface area contributed by atoms with Gasteiger partial charge in [-0.3, -0.25) is 9.59 Å². The Labute approximate surface area is 159 Å². The van der Waals surface area contributed by atoms with Crippen LogP contribution in [0.4, 0.5) is 0 Å². The van der Waals surface area contributed by atoms with Gasteiger partial charge in [-0.25, -0.2) is 0 Å². The number of ketones is 2. The van der Waals surface area contributed by atoms with E-state index in [2.05, 4.69) is 6.58 Å². The zero-order valence-electron chi connectivity index (χ0n) is 16.5. The summed E-state index contributed by atoms with van der Waals surface area (Å²) in [6, 6.07) is 0. The molecule has 3 fully saturated rings. The molecule has 0 radical (unpaired) electrons. The first kappa shape index (κ1) is 20.6. The molecular formula is C20H30O7. The molecule has 2 saturated carbocycles. The summed E-state index contributed by atoms with van der Waals surface area (Å²) in [7, 11) is 0. The molecule has 3 rings (SSSR count). The Morgan fingerprint density at radius 1 is 1.07 bits per heavy atom. The van der Waals surface area contributed by atoms with Gasteiger partial charge in [0.1, 0.15) is 11.7 Å². The Morgan fingerprint density at radius 2 is 1.63 bits per heavy atom. The van der Waals surface area contributed by atoms with Crippen LogP contribution in [0, 0.1) is 16.7 Å². The van der Waals surface area contributed by atoms with Crippen molar-refractivity contribution in [3.8, 4) is 0 Å². The van der Waals surface area contributed by atoms with Gasteiger partial charge in [0, 0.05) is 11.3 Å². The fraction of sp³-hybridized carbons (Fsp3) is 0.800. The van der Waals surface area contributed by atoms with Crippen molar-refractivity contribution in [2.45, 2.75) is 82.6 Å². The summed E-state index contributed by atoms with van der Waals surface area (Å²) in [6.07, 6.45) is -2.25. The van der Waals surface area contributed by atoms with Gasteiger partial charge in [0.25, 0.3) is 0 Å². The van der Waals surface area contributed by atoms with Crippen LogP contribution < -0.4 is 0 Å². The van der Waals surface area contributed by atoms with Crippen molar-refractivity contribution in [1.82, 2.24) is 0 Å². The van der Waals surface area contributed by atoms with E-state index in [9.17, 15) is 30.0 Å². The fourth-order valence-corrected chi connectivity index (χ4v) is 6.14. The molecule has 2 aliphatic carbocycles. The average Bonchev–Trinajstić information content (AvgIpc) is 2.59. The Balaban J connectivity index is 2.34. The molecule has 0 aromatic heterocycles. The minimum atomic E-state index is -2.51. The maximum Gasteiger partial charge on any atom is 0.237 e. The van der Waals surface area contributed by atoms with Gasteiger partial charge >= 0.3 is 0 Å². The molecule has 4 N–H and O–H groups in total. The van der Waals surface area contributed by atoms with E-state index in [1.807, 2.05) is 13.8 Å². The van der Waals surface area contributed by atoms with E-state index in [1.165, 1.54) is 20.8 Å². The predicted octanol–water partition coefficient (Wildman–Crippen LogP) is 0.128. The Bertz CT molecular complexity index is 717. The Hall–Kier alpha value is -1.12. The maximum absolute atomic E-state index is 13.3. The number of hydrogen-bond acceptors (Lipinski definition) is 7. The number of fused-ring (bicyclic) bond motifs is 3. The lowest BCUT2D eigenvalue weighted by Gasteiger charge is -2.70. The van der Waals surface area contributed by atoms with E-state index in [0.717, 1.165) is 6.08 Å². The Kier molecular flexibility index (Phi) is 4.18. The number of aliphatic hydroxyl groups excluding tert-OH is 3. The van der Waals surface area contributed by atoms with Gasteiger partial charge in [-0.15, -0.1) is 0 Å². The number of aliphatic hydroxyl groups is 4. The van der Waals surface area contributed by atoms with Gasteiger partial charge in [0.05, 0.1) is 12.2 Å². The number of rotatable bonds is 1. The number of hydrogen-bond donors (Lipinski definition) is 4. The Morgan fingerprint density at radius 3 is 2.15 bits per heavy atom. The smallest absolute Gasteiger partial charge is 0.237 e. The lowest BCUT2D eigenvalue weighted by molar-refractivity contribution is -0.362. The average molecular weight is 382 g/mol. The molecule has 0 unspecified atom stereocenters. The van der Waals surface area contributed by atoms with Crippen molar-refractivity contribution in [3.63, 3.8) is 0 Å². The lowest BCUT2D eigenvalue weighted by Crippen LogP contribution is -2.88. The molecule has 1 saturated heterocycles. The SMILES string of the molecule is C=C[C@]1(C)O[C@]2(C)[C@@H](O)[C@@H](O)[C@H]3C(C)(C)CC[C@H](O)[C@]3(C)[C@@]2(O)C(=O)C1=O. The van der Waals surface area contributed by atoms with Crippen LogP contribution in [-0.4, -0.2) is 67.1 Å². The highest BCUT2D eigenvalue weighted by Crippen LogP contribution is 2.66. The summed E-state index contributed by atoms with van der Waals surface area (Å²) in [5, 5.41) is 44.7. The molecular weight excluding hydrogens is 352 g/mol. The molecule has 0 spiro atoms. The first-order valence-electron chi connectivity index (χ1n) is 9.34. The first-order chi connectivity index (χ1) is 12.1. The highest BCUT2D eigenvalue weighted by Gasteiger charge is 2.82. The molecule has 0 amide bonds. The van der Waals surface area contributed by atoms with E-state index in [0.29, 0.717) is 6.42 Å². The summed E-state index contributed by atoms with van der Waals surface area (Å²) in [4.78, 5) is 26.1. The number of carbonyl (C=O) groups excluding carboxylic acids is 2. The van der Waals surface area contributed by atoms with E-state index < -0.39 is 63.4 Å². The van der Waals surface area contributed by atoms with Gasteiger partial charge in [0.2, 0.25) is 11.6 Å². The van der Waals surface area contributed by atoms with Crippen LogP contribution >= 0.6 is 0 Å². The van der Waals surface area contributed by atoms with Crippen LogP contribution in [0.3, 0.4) is 0 Å². The fourth-order valence-electron chi connectivity index (χ4n) is 6.14. The van der Waals surface area contributed by atoms with Crippen LogP contribution in [0.2, 0.25) is 0 Å². The summed E-state index contributed by atoms with van der Waals surface area (Å²) < 4.78 is 5.85. The maximum atomic E-state index is 13.3. The summed E-state index contributed by atoms with van der Waals surface area (Å²) >= 11 is 0. The van der Waals surface area contributed by atoms with Crippen molar-refractivity contribution >= 4 is 11.6 Å². The summed E-state index contributed by atoms with van der Waals surface area (Å²) in [6.45, 7) is 11.4. The van der Waals surface area contributed by atoms with Crippen molar-refractivity contribution in [1.29, 1.82) is 0 Å². The predicted molar refractivity (Wildman–Crippen MR) is 95.7 cm³/mol. The second-order valence-corrected chi connectivity index (χ2v) is 9.63. The molecule has 8 atom stereocenters. The van der Waals surface area contributed by atoms with Crippen molar-refractivity contribution in [2.24, 2.45) is 16.7 Å². The third-order valence-corrected chi connectivity index (χ3v) is 7.77. The third kappa shape index (κ3) is 2.04. The van der Waals surface area contributed by atoms with Crippen LogP contribution in [0.25, 0.3) is 0 Å². The van der Waals surface area contributed by atoms with Crippen LogP contribution in [-0.2, 0) is 14.3 Å². The van der Waals surface area contributed by atoms with Crippen LogP contribution in [0.5, 0.6) is 0 Å². The van der Waals surface area contributed by atoms with Crippen molar-refractivity contribution in [3.05, 3.63) is 12.7 Å². The normalized spacial score (nSPS) is 54.9. The summed E-state index contributed by atoms with van der Waals surface area (Å²) in [5.74, 6) is -2.96. The topological polar surface area (TPSA) is 124 Å². The molecule has 152 valence electrons. The van der Waals surface area contributed by atoms with Gasteiger partial charge < -0.3 is 25.2 Å². The van der Waals surface area contributed by atoms with Gasteiger partial charge in [-0.05, 0) is 32.1 Å². The van der Waals surface area contributed by atoms with Gasteiger partial charge in [-0.2, -0.15) is 0 Å². The minimum absolute atomic E-state index is 0.279. The molecule has 27 heavy (non-hydrogen) atoms. The van der Waals surface area contributed by atoms with Crippen molar-refractivity contribution < 1.29 is 34.8 Å². The van der Waals surface area contributed by atoms with Gasteiger partial charge in [-0.1, -0.05) is 33.4 Å². The van der Waals surface area contributed by atoms with Crippen LogP contribution in [0.1, 0.15) is 47.5 Å². The second kappa shape index (κ2) is 5.48. The van der Waals surface area contributed by atoms with Crippen LogP contribution in [0.15, 0.2) is 12.7 Å². The number of Topliss-reactive ketones (excluding diaryl/α,β-unsaturated/α-hetero) is 2. The lowest BCUT2D eigenvalue weighted by atomic mass is 9.39. The van der Waals surface area contributed by atoms with E-state index in [1.54, 1.807) is 0 Å². The molecule has 0 bridgehead atoms. The quantitative estimate of drug-likeness (QED) is 0.375. The zero-order valence-corrected chi connectivity index (χ0v) is 16.5.